The Balaban J connectivity index is 2.43. The second-order valence-electron chi connectivity index (χ2n) is 3.92. The first-order chi connectivity index (χ1) is 7.48. The van der Waals surface area contributed by atoms with Crippen molar-refractivity contribution in [1.82, 2.24) is 5.32 Å². The molecule has 1 aromatic carbocycles. The summed E-state index contributed by atoms with van der Waals surface area (Å²) in [4.78, 5) is 0. The zero-order valence-electron chi connectivity index (χ0n) is 8.51. The Morgan fingerprint density at radius 1 is 1.31 bits per heavy atom. The third-order valence-corrected chi connectivity index (χ3v) is 2.78. The van der Waals surface area contributed by atoms with Gasteiger partial charge in [-0.1, -0.05) is 6.07 Å². The lowest BCUT2D eigenvalue weighted by Crippen LogP contribution is -2.18. The summed E-state index contributed by atoms with van der Waals surface area (Å²) in [5.41, 5.74) is -0.519. The van der Waals surface area contributed by atoms with Crippen LogP contribution in [0.3, 0.4) is 0 Å². The topological polar surface area (TPSA) is 32.3 Å². The predicted octanol–water partition coefficient (Wildman–Crippen LogP) is 2.84. The molecule has 0 aliphatic carbocycles. The fraction of sp³-hybridized carbons (Fsp3) is 0.455. The second kappa shape index (κ2) is 3.97. The second-order valence-corrected chi connectivity index (χ2v) is 3.92. The van der Waals surface area contributed by atoms with E-state index in [1.165, 1.54) is 12.1 Å². The highest BCUT2D eigenvalue weighted by Crippen LogP contribution is 2.38. The van der Waals surface area contributed by atoms with Gasteiger partial charge in [0.2, 0.25) is 0 Å². The van der Waals surface area contributed by atoms with Gasteiger partial charge in [-0.05, 0) is 37.1 Å². The molecule has 2 N–H and O–H groups in total. The van der Waals surface area contributed by atoms with Crippen LogP contribution in [0.2, 0.25) is 0 Å². The Kier molecular flexibility index (Phi) is 2.80. The largest absolute Gasteiger partial charge is 0.508 e. The number of aromatic hydroxyl groups is 1. The number of nitrogens with one attached hydrogen (secondary N) is 1. The first kappa shape index (κ1) is 11.3. The molecular formula is C11H12F3NO. The highest BCUT2D eigenvalue weighted by Gasteiger charge is 2.36. The van der Waals surface area contributed by atoms with Gasteiger partial charge in [0.1, 0.15) is 5.75 Å². The number of benzene rings is 1. The first-order valence-electron chi connectivity index (χ1n) is 5.12. The molecule has 1 saturated heterocycles. The fourth-order valence-electron chi connectivity index (χ4n) is 2.04. The van der Waals surface area contributed by atoms with Crippen LogP contribution in [0.15, 0.2) is 18.2 Å². The number of phenolic OH excluding ortho intramolecular Hbond substituents is 1. The summed E-state index contributed by atoms with van der Waals surface area (Å²) in [5, 5.41) is 12.1. The Morgan fingerprint density at radius 2 is 2.06 bits per heavy atom. The van der Waals surface area contributed by atoms with Crippen molar-refractivity contribution in [3.8, 4) is 5.75 Å². The van der Waals surface area contributed by atoms with Gasteiger partial charge in [0, 0.05) is 6.04 Å². The molecule has 1 atom stereocenters. The van der Waals surface area contributed by atoms with Gasteiger partial charge >= 0.3 is 6.18 Å². The van der Waals surface area contributed by atoms with Crippen molar-refractivity contribution in [2.24, 2.45) is 0 Å². The average Bonchev–Trinajstić information content (AvgIpc) is 2.69. The van der Waals surface area contributed by atoms with Crippen molar-refractivity contribution in [1.29, 1.82) is 0 Å². The lowest BCUT2D eigenvalue weighted by molar-refractivity contribution is -0.138. The molecular weight excluding hydrogens is 219 g/mol. The van der Waals surface area contributed by atoms with E-state index in [1.807, 2.05) is 0 Å². The molecule has 1 heterocycles. The third kappa shape index (κ3) is 2.14. The normalized spacial score (nSPS) is 21.3. The van der Waals surface area contributed by atoms with Crippen LogP contribution < -0.4 is 5.32 Å². The van der Waals surface area contributed by atoms with Crippen LogP contribution in [0.4, 0.5) is 13.2 Å². The SMILES string of the molecule is Oc1ccc([C@@H]2CCCN2)c(C(F)(F)F)c1. The Hall–Kier alpha value is -1.23. The zero-order valence-corrected chi connectivity index (χ0v) is 8.51. The molecule has 0 radical (unpaired) electrons. The van der Waals surface area contributed by atoms with Gasteiger partial charge in [0.25, 0.3) is 0 Å². The van der Waals surface area contributed by atoms with Gasteiger partial charge in [-0.25, -0.2) is 0 Å². The summed E-state index contributed by atoms with van der Waals surface area (Å²) in [6, 6.07) is 3.18. The summed E-state index contributed by atoms with van der Waals surface area (Å²) >= 11 is 0. The van der Waals surface area contributed by atoms with E-state index in [2.05, 4.69) is 5.32 Å². The zero-order chi connectivity index (χ0) is 11.8. The molecule has 0 saturated carbocycles. The molecule has 2 nitrogen and oxygen atoms in total. The fourth-order valence-corrected chi connectivity index (χ4v) is 2.04. The highest BCUT2D eigenvalue weighted by molar-refractivity contribution is 5.39. The lowest BCUT2D eigenvalue weighted by Gasteiger charge is -2.18. The van der Waals surface area contributed by atoms with Crippen molar-refractivity contribution in [3.63, 3.8) is 0 Å². The molecule has 16 heavy (non-hydrogen) atoms. The summed E-state index contributed by atoms with van der Waals surface area (Å²) in [5.74, 6) is -0.353. The van der Waals surface area contributed by atoms with E-state index < -0.39 is 11.7 Å². The summed E-state index contributed by atoms with van der Waals surface area (Å²) in [7, 11) is 0. The van der Waals surface area contributed by atoms with Gasteiger partial charge in [0.05, 0.1) is 5.56 Å². The molecule has 88 valence electrons. The predicted molar refractivity (Wildman–Crippen MR) is 53.1 cm³/mol. The Bertz CT molecular complexity index is 383. The maximum atomic E-state index is 12.7. The maximum absolute atomic E-state index is 12.7. The van der Waals surface area contributed by atoms with E-state index in [0.29, 0.717) is 6.42 Å². The standard InChI is InChI=1S/C11H12F3NO/c12-11(13,14)9-6-7(16)3-4-8(9)10-2-1-5-15-10/h3-4,6,10,15-16H,1-2,5H2/t10-/m0/s1. The van der Waals surface area contributed by atoms with Crippen molar-refractivity contribution in [2.75, 3.05) is 6.54 Å². The van der Waals surface area contributed by atoms with E-state index in [-0.39, 0.29) is 17.4 Å². The molecule has 5 heteroatoms. The molecule has 0 unspecified atom stereocenters. The first-order valence-corrected chi connectivity index (χ1v) is 5.12. The van der Waals surface area contributed by atoms with E-state index in [1.54, 1.807) is 0 Å². The molecule has 1 aliphatic heterocycles. The molecule has 0 bridgehead atoms. The number of alkyl halides is 3. The minimum absolute atomic E-state index is 0.225. The molecule has 0 aromatic heterocycles. The molecule has 0 spiro atoms. The summed E-state index contributed by atoms with van der Waals surface area (Å²) in [6.07, 6.45) is -2.84. The van der Waals surface area contributed by atoms with Crippen molar-refractivity contribution in [3.05, 3.63) is 29.3 Å². The van der Waals surface area contributed by atoms with Crippen LogP contribution >= 0.6 is 0 Å². The maximum Gasteiger partial charge on any atom is 0.416 e. The van der Waals surface area contributed by atoms with Gasteiger partial charge in [-0.3, -0.25) is 0 Å². The van der Waals surface area contributed by atoms with E-state index >= 15 is 0 Å². The Morgan fingerprint density at radius 3 is 2.62 bits per heavy atom. The average molecular weight is 231 g/mol. The van der Waals surface area contributed by atoms with Gasteiger partial charge in [-0.15, -0.1) is 0 Å². The van der Waals surface area contributed by atoms with Gasteiger partial charge in [-0.2, -0.15) is 13.2 Å². The highest BCUT2D eigenvalue weighted by atomic mass is 19.4. The molecule has 0 amide bonds. The number of halogens is 3. The van der Waals surface area contributed by atoms with Crippen molar-refractivity contribution in [2.45, 2.75) is 25.1 Å². The smallest absolute Gasteiger partial charge is 0.416 e. The Labute approximate surface area is 91.1 Å². The number of phenols is 1. The van der Waals surface area contributed by atoms with Crippen LogP contribution in [0, 0.1) is 0 Å². The minimum atomic E-state index is -4.42. The molecule has 1 aromatic rings. The van der Waals surface area contributed by atoms with Crippen LogP contribution in [0.5, 0.6) is 5.75 Å². The van der Waals surface area contributed by atoms with Gasteiger partial charge < -0.3 is 10.4 Å². The molecule has 1 fully saturated rings. The van der Waals surface area contributed by atoms with Gasteiger partial charge in [0.15, 0.2) is 0 Å². The van der Waals surface area contributed by atoms with Crippen LogP contribution in [-0.4, -0.2) is 11.7 Å². The summed E-state index contributed by atoms with van der Waals surface area (Å²) in [6.45, 7) is 0.739. The molecule has 2 rings (SSSR count). The van der Waals surface area contributed by atoms with E-state index in [0.717, 1.165) is 19.0 Å². The van der Waals surface area contributed by atoms with Crippen LogP contribution in [-0.2, 0) is 6.18 Å². The third-order valence-electron chi connectivity index (χ3n) is 2.78. The number of hydrogen-bond donors (Lipinski definition) is 2. The van der Waals surface area contributed by atoms with Crippen LogP contribution in [0.25, 0.3) is 0 Å². The quantitative estimate of drug-likeness (QED) is 0.779. The van der Waals surface area contributed by atoms with Crippen molar-refractivity contribution >= 4 is 0 Å². The minimum Gasteiger partial charge on any atom is -0.508 e. The van der Waals surface area contributed by atoms with E-state index in [4.69, 9.17) is 5.11 Å². The van der Waals surface area contributed by atoms with E-state index in [9.17, 15) is 13.2 Å². The van der Waals surface area contributed by atoms with Crippen LogP contribution in [0.1, 0.15) is 30.0 Å². The monoisotopic (exact) mass is 231 g/mol. The number of hydrogen-bond acceptors (Lipinski definition) is 2. The van der Waals surface area contributed by atoms with Crippen molar-refractivity contribution < 1.29 is 18.3 Å². The molecule has 1 aliphatic rings. The lowest BCUT2D eigenvalue weighted by atomic mass is 9.98. The summed E-state index contributed by atoms with van der Waals surface area (Å²) < 4.78 is 38.2. The number of rotatable bonds is 1.